The highest BCUT2D eigenvalue weighted by Crippen LogP contribution is 2.71. The Hall–Kier alpha value is -6.22. The molecule has 15 nitrogen and oxygen atoms in total. The SMILES string of the molecule is COC(=O)N[C@H](C(=O)N1C2CCC(C2)C1c1ncc(-c2ccc(-c3ccc(-c4ccc5nc([C@@H]6C7CCC(C7)N6C(=O)[C@@H](NC(=O)OC)C(C)C)[nH]c5c4)c4c3C3CC5(C)CC4N35)cc2)[nH]1)C(C)C. The van der Waals surface area contributed by atoms with Crippen LogP contribution in [-0.2, 0) is 19.1 Å². The Balaban J connectivity index is 0.826. The van der Waals surface area contributed by atoms with Crippen molar-refractivity contribution >= 4 is 35.0 Å². The van der Waals surface area contributed by atoms with E-state index < -0.39 is 24.3 Å². The number of amides is 4. The molecule has 2 aliphatic carbocycles. The van der Waals surface area contributed by atoms with Crippen molar-refractivity contribution in [1.82, 2.24) is 45.3 Å². The van der Waals surface area contributed by atoms with E-state index in [2.05, 4.69) is 87.0 Å². The molecular formula is C54H63N9O6. The summed E-state index contributed by atoms with van der Waals surface area (Å²) in [6.45, 7) is 10.2. The molecule has 11 atom stereocenters. The zero-order valence-corrected chi connectivity index (χ0v) is 40.5. The molecule has 6 fully saturated rings. The van der Waals surface area contributed by atoms with E-state index in [1.807, 2.05) is 43.7 Å². The van der Waals surface area contributed by atoms with Gasteiger partial charge in [-0.3, -0.25) is 14.5 Å². The predicted octanol–water partition coefficient (Wildman–Crippen LogP) is 9.12. The van der Waals surface area contributed by atoms with E-state index in [4.69, 9.17) is 19.4 Å². The number of carbonyl (C=O) groups excluding carboxylic acids is 4. The Bertz CT molecular complexity index is 2910. The Morgan fingerprint density at radius 2 is 1.20 bits per heavy atom. The number of methoxy groups -OCH3 is 2. The zero-order valence-electron chi connectivity index (χ0n) is 40.5. The van der Waals surface area contributed by atoms with Gasteiger partial charge in [-0.05, 0) is 133 Å². The molecule has 2 aromatic heterocycles. The first kappa shape index (κ1) is 44.0. The fourth-order valence-electron chi connectivity index (χ4n) is 14.2. The van der Waals surface area contributed by atoms with Crippen LogP contribution >= 0.6 is 0 Å². The molecule has 15 heteroatoms. The fourth-order valence-corrected chi connectivity index (χ4v) is 14.2. The smallest absolute Gasteiger partial charge is 0.407 e. The van der Waals surface area contributed by atoms with Crippen LogP contribution in [0.2, 0.25) is 0 Å². The first-order chi connectivity index (χ1) is 33.2. The summed E-state index contributed by atoms with van der Waals surface area (Å²) in [5.41, 5.74) is 11.8. The van der Waals surface area contributed by atoms with Gasteiger partial charge in [-0.25, -0.2) is 19.6 Å². The lowest BCUT2D eigenvalue weighted by atomic mass is 9.68. The Kier molecular flexibility index (Phi) is 10.3. The van der Waals surface area contributed by atoms with Crippen LogP contribution in [0, 0.1) is 23.7 Å². The maximum Gasteiger partial charge on any atom is 0.407 e. The lowest BCUT2D eigenvalue weighted by molar-refractivity contribution is -0.177. The van der Waals surface area contributed by atoms with Crippen LogP contribution in [0.3, 0.4) is 0 Å². The van der Waals surface area contributed by atoms with Crippen molar-refractivity contribution in [3.63, 3.8) is 0 Å². The van der Waals surface area contributed by atoms with E-state index in [-0.39, 0.29) is 53.4 Å². The van der Waals surface area contributed by atoms with Crippen LogP contribution in [0.4, 0.5) is 9.59 Å². The van der Waals surface area contributed by atoms with Crippen LogP contribution in [0.1, 0.15) is 133 Å². The van der Waals surface area contributed by atoms with Crippen LogP contribution in [0.25, 0.3) is 44.5 Å². The third-order valence-electron chi connectivity index (χ3n) is 17.5. The van der Waals surface area contributed by atoms with Crippen molar-refractivity contribution in [2.45, 2.75) is 140 Å². The number of ether oxygens (including phenoxy) is 2. The van der Waals surface area contributed by atoms with Crippen molar-refractivity contribution in [2.24, 2.45) is 23.7 Å². The van der Waals surface area contributed by atoms with E-state index in [9.17, 15) is 19.2 Å². The van der Waals surface area contributed by atoms with Gasteiger partial charge in [0.05, 0.1) is 49.2 Å². The quantitative estimate of drug-likeness (QED) is 0.101. The number of likely N-dealkylation sites (tertiary alicyclic amines) is 2. The Morgan fingerprint density at radius 1 is 0.681 bits per heavy atom. The van der Waals surface area contributed by atoms with Gasteiger partial charge in [0, 0.05) is 29.7 Å². The number of fused-ring (bicyclic) bond motifs is 8. The topological polar surface area (TPSA) is 178 Å². The Morgan fingerprint density at radius 3 is 1.74 bits per heavy atom. The first-order valence-corrected chi connectivity index (χ1v) is 25.2. The average Bonchev–Trinajstić information content (AvgIpc) is 4.23. The average molecular weight is 934 g/mol. The number of aromatic nitrogens is 4. The molecule has 69 heavy (non-hydrogen) atoms. The van der Waals surface area contributed by atoms with E-state index in [1.165, 1.54) is 42.0 Å². The normalized spacial score (nSPS) is 28.9. The van der Waals surface area contributed by atoms with Gasteiger partial charge in [0.2, 0.25) is 11.8 Å². The number of H-pyrrole nitrogens is 2. The lowest BCUT2D eigenvalue weighted by Crippen LogP contribution is -2.66. The summed E-state index contributed by atoms with van der Waals surface area (Å²) in [5.74, 6) is 1.85. The van der Waals surface area contributed by atoms with E-state index >= 15 is 0 Å². The Labute approximate surface area is 402 Å². The maximum absolute atomic E-state index is 14.2. The summed E-state index contributed by atoms with van der Waals surface area (Å²) >= 11 is 0. The molecule has 5 aliphatic heterocycles. The molecule has 360 valence electrons. The number of benzene rings is 3. The monoisotopic (exact) mass is 933 g/mol. The highest BCUT2D eigenvalue weighted by atomic mass is 16.5. The van der Waals surface area contributed by atoms with Crippen LogP contribution in [-0.4, -0.2) is 103 Å². The summed E-state index contributed by atoms with van der Waals surface area (Å²) in [6, 6.07) is 19.3. The molecule has 3 aromatic carbocycles. The number of hydrogen-bond acceptors (Lipinski definition) is 9. The fraction of sp³-hybridized carbons (Fsp3) is 0.519. The highest BCUT2D eigenvalue weighted by Gasteiger charge is 2.66. The van der Waals surface area contributed by atoms with Gasteiger partial charge in [0.1, 0.15) is 23.7 Å². The van der Waals surface area contributed by atoms with Crippen LogP contribution in [0.15, 0.2) is 60.8 Å². The molecular weight excluding hydrogens is 871 g/mol. The van der Waals surface area contributed by atoms with E-state index in [1.54, 1.807) is 0 Å². The predicted molar refractivity (Wildman–Crippen MR) is 259 cm³/mol. The van der Waals surface area contributed by atoms with Crippen molar-refractivity contribution in [3.8, 4) is 33.5 Å². The van der Waals surface area contributed by atoms with E-state index in [0.29, 0.717) is 23.9 Å². The van der Waals surface area contributed by atoms with Crippen molar-refractivity contribution in [2.75, 3.05) is 14.2 Å². The summed E-state index contributed by atoms with van der Waals surface area (Å²) in [4.78, 5) is 77.0. The minimum absolute atomic E-state index is 0.0769. The second-order valence-electron chi connectivity index (χ2n) is 22.0. The van der Waals surface area contributed by atoms with Gasteiger partial charge in [0.15, 0.2) is 0 Å². The maximum atomic E-state index is 14.2. The first-order valence-electron chi connectivity index (χ1n) is 25.2. The zero-order chi connectivity index (χ0) is 47.8. The van der Waals surface area contributed by atoms with Gasteiger partial charge in [-0.2, -0.15) is 0 Å². The van der Waals surface area contributed by atoms with Gasteiger partial charge in [-0.15, -0.1) is 0 Å². The third-order valence-corrected chi connectivity index (χ3v) is 17.5. The third kappa shape index (κ3) is 6.76. The van der Waals surface area contributed by atoms with E-state index in [0.717, 1.165) is 90.9 Å². The molecule has 0 radical (unpaired) electrons. The van der Waals surface area contributed by atoms with Gasteiger partial charge >= 0.3 is 12.2 Å². The molecule has 4 amide bonds. The number of carbonyl (C=O) groups is 4. The van der Waals surface area contributed by atoms with Crippen molar-refractivity contribution < 1.29 is 28.7 Å². The molecule has 8 unspecified atom stereocenters. The van der Waals surface area contributed by atoms with Gasteiger partial charge in [0.25, 0.3) is 0 Å². The number of alkyl carbamates (subject to hydrolysis) is 2. The minimum atomic E-state index is -0.686. The highest BCUT2D eigenvalue weighted by molar-refractivity contribution is 5.89. The van der Waals surface area contributed by atoms with Crippen LogP contribution < -0.4 is 10.6 Å². The minimum Gasteiger partial charge on any atom is -0.453 e. The van der Waals surface area contributed by atoms with Crippen molar-refractivity contribution in [1.29, 1.82) is 0 Å². The molecule has 12 rings (SSSR count). The molecule has 4 bridgehead atoms. The number of hydrogen-bond donors (Lipinski definition) is 4. The number of imidazole rings is 2. The molecule has 4 N–H and O–H groups in total. The van der Waals surface area contributed by atoms with Gasteiger partial charge in [-0.1, -0.05) is 70.2 Å². The van der Waals surface area contributed by atoms with Crippen molar-refractivity contribution in [3.05, 3.63) is 83.6 Å². The molecule has 2 saturated carbocycles. The summed E-state index contributed by atoms with van der Waals surface area (Å²) < 4.78 is 9.76. The number of aromatic amines is 2. The lowest BCUT2D eigenvalue weighted by Gasteiger charge is -2.65. The number of nitrogens with one attached hydrogen (secondary N) is 4. The largest absolute Gasteiger partial charge is 0.453 e. The van der Waals surface area contributed by atoms with Crippen LogP contribution in [0.5, 0.6) is 0 Å². The molecule has 0 spiro atoms. The summed E-state index contributed by atoms with van der Waals surface area (Å²) in [7, 11) is 2.64. The molecule has 4 saturated heterocycles. The molecule has 7 heterocycles. The second kappa shape index (κ2) is 16.2. The summed E-state index contributed by atoms with van der Waals surface area (Å²) in [6.07, 6.45) is 8.86. The van der Waals surface area contributed by atoms with Gasteiger partial charge < -0.3 is 39.9 Å². The number of rotatable bonds is 11. The molecule has 5 aromatic rings. The number of piperidine rings is 3. The summed E-state index contributed by atoms with van der Waals surface area (Å²) in [5, 5.41) is 5.60. The number of nitrogens with zero attached hydrogens (tertiary/aromatic N) is 5. The standard InChI is InChI=1S/C54H63N9O6/c1-26(2)44(59-52(66)68-6)50(64)61-33-15-12-31(20-33)46(61)48-55-25-39(58-48)29-10-8-28(9-11-29)35-17-18-36(43-41-24-54(5)23-40(42(35)43)63(41)54)30-14-19-37-38(22-30)57-49(56-37)47-32-13-16-34(21-32)62(47)51(65)45(27(3)4)60-53(67)69-7/h8-11,14,17-19,22,25-27,31-34,40-41,44-47H,12-13,15-16,20-21,23-24H2,1-7H3,(H,55,58)(H,56,57)(H,59,66)(H,60,67)/t31?,32?,33?,34?,40?,41?,44-,45-,46?,47-,54?/m0/s1. The second-order valence-corrected chi connectivity index (χ2v) is 22.0. The molecule has 7 aliphatic rings.